The predicted octanol–water partition coefficient (Wildman–Crippen LogP) is 10.4. The average Bonchev–Trinajstić information content (AvgIpc) is 4.01. The minimum Gasteiger partial charge on any atom is -0.349 e. The van der Waals surface area contributed by atoms with Crippen LogP contribution in [0, 0.1) is 23.2 Å². The molecule has 1 N–H and O–H groups in total. The van der Waals surface area contributed by atoms with Crippen molar-refractivity contribution < 1.29 is 19.2 Å². The second-order valence-electron chi connectivity index (χ2n) is 11.2. The van der Waals surface area contributed by atoms with Gasteiger partial charge in [0.1, 0.15) is 6.29 Å². The van der Waals surface area contributed by atoms with Gasteiger partial charge in [-0.15, -0.1) is 0 Å². The molecule has 0 heterocycles. The number of halogens is 4. The molecule has 2 fully saturated rings. The van der Waals surface area contributed by atoms with E-state index >= 15 is 0 Å². The highest BCUT2D eigenvalue weighted by Gasteiger charge is 2.31. The third-order valence-electron chi connectivity index (χ3n) is 7.11. The lowest BCUT2D eigenvalue weighted by atomic mass is 9.97. The van der Waals surface area contributed by atoms with Gasteiger partial charge in [0.2, 0.25) is 5.91 Å². The highest BCUT2D eigenvalue weighted by atomic mass is 35.5. The van der Waals surface area contributed by atoms with E-state index in [-0.39, 0.29) is 35.9 Å². The third-order valence-corrected chi connectivity index (χ3v) is 8.12. The first-order valence-electron chi connectivity index (χ1n) is 15.2. The fraction of sp³-hybridized carbons (Fsp3) is 0.237. The molecule has 0 bridgehead atoms. The van der Waals surface area contributed by atoms with E-state index in [2.05, 4.69) is 11.4 Å². The number of aldehydes is 1. The van der Waals surface area contributed by atoms with Crippen molar-refractivity contribution in [1.82, 2.24) is 5.32 Å². The van der Waals surface area contributed by atoms with Crippen LogP contribution in [0.25, 0.3) is 0 Å². The van der Waals surface area contributed by atoms with Crippen molar-refractivity contribution in [3.63, 3.8) is 0 Å². The van der Waals surface area contributed by atoms with Gasteiger partial charge in [-0.2, -0.15) is 5.26 Å². The normalized spacial score (nSPS) is 13.3. The monoisotopic (exact) mass is 722 g/mol. The van der Waals surface area contributed by atoms with E-state index in [1.54, 1.807) is 84.9 Å². The number of nitrogens with zero attached hydrogens (tertiary/aromatic N) is 1. The van der Waals surface area contributed by atoms with Crippen molar-refractivity contribution in [3.05, 3.63) is 139 Å². The minimum absolute atomic E-state index is 0.0128. The van der Waals surface area contributed by atoms with Gasteiger partial charge in [-0.1, -0.05) is 70.7 Å². The summed E-state index contributed by atoms with van der Waals surface area (Å²) < 4.78 is 0. The average molecular weight is 725 g/mol. The number of ketones is 2. The van der Waals surface area contributed by atoms with E-state index in [4.69, 9.17) is 51.7 Å². The van der Waals surface area contributed by atoms with Gasteiger partial charge in [-0.05, 0) is 111 Å². The van der Waals surface area contributed by atoms with Crippen LogP contribution in [0.4, 0.5) is 0 Å². The first-order valence-corrected chi connectivity index (χ1v) is 16.7. The van der Waals surface area contributed by atoms with Crippen molar-refractivity contribution in [2.75, 3.05) is 0 Å². The van der Waals surface area contributed by atoms with Gasteiger partial charge in [-0.25, -0.2) is 0 Å². The molecule has 2 saturated carbocycles. The zero-order valence-corrected chi connectivity index (χ0v) is 29.2. The number of hydrogen-bond donors (Lipinski definition) is 1. The Kier molecular flexibility index (Phi) is 15.8. The van der Waals surface area contributed by atoms with E-state index in [0.717, 1.165) is 37.5 Å². The van der Waals surface area contributed by atoms with Crippen LogP contribution in [0.5, 0.6) is 0 Å². The molecule has 0 saturated heterocycles. The third kappa shape index (κ3) is 14.4. The largest absolute Gasteiger partial charge is 0.349 e. The summed E-state index contributed by atoms with van der Waals surface area (Å²) in [5.41, 5.74) is 2.80. The van der Waals surface area contributed by atoms with Crippen LogP contribution in [-0.4, -0.2) is 23.8 Å². The molecule has 0 radical (unpaired) electrons. The van der Waals surface area contributed by atoms with E-state index in [0.29, 0.717) is 42.7 Å². The first-order chi connectivity index (χ1) is 23.0. The maximum Gasteiger partial charge on any atom is 0.223 e. The summed E-state index contributed by atoms with van der Waals surface area (Å²) >= 11 is 23.0. The maximum atomic E-state index is 12.6. The first kappa shape index (κ1) is 38.5. The molecule has 2 aliphatic rings. The van der Waals surface area contributed by atoms with Crippen LogP contribution in [0.3, 0.4) is 0 Å². The predicted molar refractivity (Wildman–Crippen MR) is 192 cm³/mol. The number of Topliss-reactive ketones (excluding diaryl/α,β-unsaturated/α-hetero) is 2. The molecule has 4 aromatic rings. The summed E-state index contributed by atoms with van der Waals surface area (Å²) in [4.78, 5) is 45.5. The Balaban J connectivity index is 0.000000212. The molecule has 248 valence electrons. The van der Waals surface area contributed by atoms with Crippen LogP contribution in [0.15, 0.2) is 97.1 Å². The second-order valence-corrected chi connectivity index (χ2v) is 12.9. The van der Waals surface area contributed by atoms with Gasteiger partial charge >= 0.3 is 0 Å². The standard InChI is InChI=1S/C19H17Cl2NO2.C8H7ClO.C7H5ClO.C4H5N/c20-15-7-3-12(4-8-15)17(22-19(24)14-1-2-14)11-18(23)13-5-9-16(21)10-6-13;1-6(10)7-2-4-8(9)5-3-7;8-7-3-1-6(5-9)2-4-7;5-3-4-1-2-4/h3-10,14,17H,1-2,11H2,(H,22,24);2-5H,1H3;1-5H;4H,1-2H2. The Morgan fingerprint density at radius 1 is 0.729 bits per heavy atom. The van der Waals surface area contributed by atoms with E-state index in [1.165, 1.54) is 6.92 Å². The summed E-state index contributed by atoms with van der Waals surface area (Å²) in [7, 11) is 0. The Morgan fingerprint density at radius 3 is 1.54 bits per heavy atom. The van der Waals surface area contributed by atoms with Gasteiger partial charge in [0, 0.05) is 55.0 Å². The number of benzene rings is 4. The number of amides is 1. The quantitative estimate of drug-likeness (QED) is 0.144. The lowest BCUT2D eigenvalue weighted by molar-refractivity contribution is -0.123. The molecule has 1 amide bonds. The molecule has 48 heavy (non-hydrogen) atoms. The molecule has 1 unspecified atom stereocenters. The number of nitriles is 1. The Labute approximate surface area is 301 Å². The smallest absolute Gasteiger partial charge is 0.223 e. The van der Waals surface area contributed by atoms with Crippen molar-refractivity contribution in [3.8, 4) is 6.07 Å². The van der Waals surface area contributed by atoms with Gasteiger partial charge in [-0.3, -0.25) is 19.2 Å². The Hall–Kier alpha value is -3.99. The lowest BCUT2D eigenvalue weighted by Crippen LogP contribution is -2.31. The lowest BCUT2D eigenvalue weighted by Gasteiger charge is -2.19. The maximum absolute atomic E-state index is 12.6. The number of carbonyl (C=O) groups excluding carboxylic acids is 4. The fourth-order valence-corrected chi connectivity index (χ4v) is 4.46. The minimum atomic E-state index is -0.362. The molecule has 6 rings (SSSR count). The summed E-state index contributed by atoms with van der Waals surface area (Å²) in [5.74, 6) is 0.568. The molecule has 4 aromatic carbocycles. The molecule has 10 heteroatoms. The highest BCUT2D eigenvalue weighted by Crippen LogP contribution is 2.31. The van der Waals surface area contributed by atoms with E-state index in [1.807, 2.05) is 12.1 Å². The van der Waals surface area contributed by atoms with Gasteiger partial charge in [0.25, 0.3) is 0 Å². The molecular weight excluding hydrogens is 690 g/mol. The van der Waals surface area contributed by atoms with Gasteiger partial charge in [0.05, 0.1) is 12.1 Å². The summed E-state index contributed by atoms with van der Waals surface area (Å²) in [6.45, 7) is 1.53. The number of nitrogens with one attached hydrogen (secondary N) is 1. The molecule has 0 spiro atoms. The number of rotatable bonds is 8. The van der Waals surface area contributed by atoms with Gasteiger partial charge < -0.3 is 5.32 Å². The van der Waals surface area contributed by atoms with Gasteiger partial charge in [0.15, 0.2) is 11.6 Å². The topological polar surface area (TPSA) is 104 Å². The van der Waals surface area contributed by atoms with Crippen LogP contribution in [-0.2, 0) is 4.79 Å². The van der Waals surface area contributed by atoms with E-state index < -0.39 is 0 Å². The zero-order chi connectivity index (χ0) is 35.1. The van der Waals surface area contributed by atoms with Crippen LogP contribution in [0.2, 0.25) is 20.1 Å². The second kappa shape index (κ2) is 19.7. The van der Waals surface area contributed by atoms with Crippen molar-refractivity contribution in [1.29, 1.82) is 5.26 Å². The highest BCUT2D eigenvalue weighted by molar-refractivity contribution is 6.31. The summed E-state index contributed by atoms with van der Waals surface area (Å²) in [6.07, 6.45) is 5.12. The van der Waals surface area contributed by atoms with Crippen molar-refractivity contribution in [2.45, 2.75) is 45.1 Å². The molecule has 0 aromatic heterocycles. The SMILES string of the molecule is CC(=O)c1ccc(Cl)cc1.N#CC1CC1.O=C(CC(NC(=O)C1CC1)c1ccc(Cl)cc1)c1ccc(Cl)cc1.O=Cc1ccc(Cl)cc1. The number of carbonyl (C=O) groups is 4. The van der Waals surface area contributed by atoms with Crippen LogP contribution < -0.4 is 5.32 Å². The molecule has 1 atom stereocenters. The zero-order valence-electron chi connectivity index (χ0n) is 26.2. The Morgan fingerprint density at radius 2 is 1.17 bits per heavy atom. The Bertz CT molecular complexity index is 1690. The van der Waals surface area contributed by atoms with Crippen molar-refractivity contribution >= 4 is 70.2 Å². The van der Waals surface area contributed by atoms with Crippen molar-refractivity contribution in [2.24, 2.45) is 11.8 Å². The molecular formula is C38H34Cl4N2O4. The van der Waals surface area contributed by atoms with Crippen LogP contribution in [0.1, 0.15) is 81.7 Å². The summed E-state index contributed by atoms with van der Waals surface area (Å²) in [6, 6.07) is 29.3. The molecule has 6 nitrogen and oxygen atoms in total. The van der Waals surface area contributed by atoms with Crippen LogP contribution >= 0.6 is 46.4 Å². The fourth-order valence-electron chi connectivity index (χ4n) is 3.96. The summed E-state index contributed by atoms with van der Waals surface area (Å²) in [5, 5.41) is 13.5. The molecule has 0 aliphatic heterocycles. The molecule has 2 aliphatic carbocycles. The van der Waals surface area contributed by atoms with E-state index in [9.17, 15) is 19.2 Å². The number of hydrogen-bond acceptors (Lipinski definition) is 5.